The fourth-order valence-electron chi connectivity index (χ4n) is 1.53. The van der Waals surface area contributed by atoms with Crippen molar-refractivity contribution in [3.8, 4) is 0 Å². The molecule has 0 aromatic heterocycles. The summed E-state index contributed by atoms with van der Waals surface area (Å²) >= 11 is 0. The van der Waals surface area contributed by atoms with Crippen LogP contribution in [0.5, 0.6) is 0 Å². The van der Waals surface area contributed by atoms with Gasteiger partial charge >= 0.3 is 12.1 Å². The van der Waals surface area contributed by atoms with Crippen LogP contribution in [0.15, 0.2) is 0 Å². The number of carboxylic acid groups (broad SMARTS) is 1. The minimum absolute atomic E-state index is 0.0670. The maximum atomic E-state index is 12.2. The summed E-state index contributed by atoms with van der Waals surface area (Å²) in [4.78, 5) is 35.9. The number of hydrogen-bond donors (Lipinski definition) is 4. The molecule has 128 valence electrons. The molecule has 2 atom stereocenters. The SMILES string of the molecule is CNC(CN)N(CC(=O)N[C@@H](C)C(=O)O)C(=O)OC(C)(C)C. The van der Waals surface area contributed by atoms with Crippen LogP contribution < -0.4 is 16.4 Å². The molecule has 0 aromatic carbocycles. The molecule has 0 saturated heterocycles. The first kappa shape index (κ1) is 20.1. The molecular weight excluding hydrogens is 292 g/mol. The van der Waals surface area contributed by atoms with Crippen molar-refractivity contribution in [3.05, 3.63) is 0 Å². The van der Waals surface area contributed by atoms with Crippen molar-refractivity contribution in [2.24, 2.45) is 5.73 Å². The minimum Gasteiger partial charge on any atom is -0.480 e. The Balaban J connectivity index is 4.98. The van der Waals surface area contributed by atoms with Crippen LogP contribution in [0.1, 0.15) is 27.7 Å². The highest BCUT2D eigenvalue weighted by Crippen LogP contribution is 2.11. The Morgan fingerprint density at radius 1 is 1.32 bits per heavy atom. The topological polar surface area (TPSA) is 134 Å². The Kier molecular flexibility index (Phi) is 7.82. The number of likely N-dealkylation sites (N-methyl/N-ethyl adjacent to an activating group) is 1. The van der Waals surface area contributed by atoms with Crippen LogP contribution in [0.2, 0.25) is 0 Å². The van der Waals surface area contributed by atoms with E-state index in [4.69, 9.17) is 15.6 Å². The molecule has 0 rings (SSSR count). The van der Waals surface area contributed by atoms with E-state index in [1.807, 2.05) is 0 Å². The molecule has 0 aliphatic heterocycles. The van der Waals surface area contributed by atoms with Crippen LogP contribution in [0.4, 0.5) is 4.79 Å². The molecule has 2 amide bonds. The summed E-state index contributed by atoms with van der Waals surface area (Å²) in [6.45, 7) is 6.13. The fraction of sp³-hybridized carbons (Fsp3) is 0.769. The van der Waals surface area contributed by atoms with Crippen LogP contribution in [-0.4, -0.2) is 65.9 Å². The van der Waals surface area contributed by atoms with Gasteiger partial charge in [0.05, 0.1) is 6.17 Å². The average Bonchev–Trinajstić information content (AvgIpc) is 2.36. The standard InChI is InChI=1S/C13H26N4O5/c1-8(11(19)20)16-10(18)7-17(9(6-14)15-5)12(21)22-13(2,3)4/h8-9,15H,6-7,14H2,1-5H3,(H,16,18)(H,19,20)/t8-,9?/m0/s1. The summed E-state index contributed by atoms with van der Waals surface area (Å²) < 4.78 is 5.23. The first-order chi connectivity index (χ1) is 10.0. The second kappa shape index (κ2) is 8.54. The lowest BCUT2D eigenvalue weighted by Gasteiger charge is -2.32. The Labute approximate surface area is 130 Å². The number of nitrogens with one attached hydrogen (secondary N) is 2. The molecule has 9 heteroatoms. The smallest absolute Gasteiger partial charge is 0.412 e. The van der Waals surface area contributed by atoms with E-state index in [2.05, 4.69) is 10.6 Å². The Hall–Kier alpha value is -1.87. The van der Waals surface area contributed by atoms with Crippen molar-refractivity contribution < 1.29 is 24.2 Å². The molecule has 0 fully saturated rings. The largest absolute Gasteiger partial charge is 0.480 e. The highest BCUT2D eigenvalue weighted by atomic mass is 16.6. The van der Waals surface area contributed by atoms with Crippen molar-refractivity contribution >= 4 is 18.0 Å². The van der Waals surface area contributed by atoms with Crippen LogP contribution in [0.3, 0.4) is 0 Å². The second-order valence-electron chi connectivity index (χ2n) is 5.78. The Bertz CT molecular complexity index is 404. The number of nitrogens with zero attached hydrogens (tertiary/aromatic N) is 1. The van der Waals surface area contributed by atoms with Gasteiger partial charge < -0.3 is 20.9 Å². The summed E-state index contributed by atoms with van der Waals surface area (Å²) in [6, 6.07) is -1.06. The molecule has 9 nitrogen and oxygen atoms in total. The van der Waals surface area contributed by atoms with E-state index in [1.54, 1.807) is 27.8 Å². The highest BCUT2D eigenvalue weighted by Gasteiger charge is 2.29. The van der Waals surface area contributed by atoms with Gasteiger partial charge in [-0.1, -0.05) is 0 Å². The predicted octanol–water partition coefficient (Wildman–Crippen LogP) is -0.683. The van der Waals surface area contributed by atoms with Gasteiger partial charge in [-0.2, -0.15) is 0 Å². The van der Waals surface area contributed by atoms with Crippen LogP contribution in [0, 0.1) is 0 Å². The van der Waals surface area contributed by atoms with Gasteiger partial charge in [0.1, 0.15) is 18.2 Å². The van der Waals surface area contributed by atoms with E-state index in [0.29, 0.717) is 0 Å². The predicted molar refractivity (Wildman–Crippen MR) is 80.1 cm³/mol. The molecule has 0 spiro atoms. The van der Waals surface area contributed by atoms with Crippen molar-refractivity contribution in [2.75, 3.05) is 20.1 Å². The van der Waals surface area contributed by atoms with Crippen LogP contribution in [-0.2, 0) is 14.3 Å². The second-order valence-corrected chi connectivity index (χ2v) is 5.78. The molecule has 5 N–H and O–H groups in total. The molecule has 0 bridgehead atoms. The number of carbonyl (C=O) groups is 3. The third-order valence-corrected chi connectivity index (χ3v) is 2.62. The van der Waals surface area contributed by atoms with Gasteiger partial charge in [-0.15, -0.1) is 0 Å². The number of nitrogens with two attached hydrogens (primary N) is 1. The van der Waals surface area contributed by atoms with Gasteiger partial charge in [-0.05, 0) is 34.7 Å². The van der Waals surface area contributed by atoms with Gasteiger partial charge in [0.15, 0.2) is 0 Å². The summed E-state index contributed by atoms with van der Waals surface area (Å²) in [7, 11) is 1.59. The molecule has 22 heavy (non-hydrogen) atoms. The van der Waals surface area contributed by atoms with Gasteiger partial charge in [0, 0.05) is 6.54 Å². The zero-order valence-corrected chi connectivity index (χ0v) is 13.7. The van der Waals surface area contributed by atoms with Crippen molar-refractivity contribution in [1.82, 2.24) is 15.5 Å². The lowest BCUT2D eigenvalue weighted by Crippen LogP contribution is -2.56. The summed E-state index contributed by atoms with van der Waals surface area (Å²) in [5.41, 5.74) is 4.84. The molecule has 0 aliphatic carbocycles. The van der Waals surface area contributed by atoms with Crippen molar-refractivity contribution in [3.63, 3.8) is 0 Å². The van der Waals surface area contributed by atoms with E-state index in [0.717, 1.165) is 4.90 Å². The zero-order chi connectivity index (χ0) is 17.5. The van der Waals surface area contributed by atoms with Crippen molar-refractivity contribution in [2.45, 2.75) is 45.5 Å². The number of carbonyl (C=O) groups excluding carboxylic acids is 2. The maximum absolute atomic E-state index is 12.2. The molecule has 0 heterocycles. The minimum atomic E-state index is -1.17. The normalized spacial score (nSPS) is 13.9. The van der Waals surface area contributed by atoms with Crippen LogP contribution >= 0.6 is 0 Å². The number of aliphatic carboxylic acids is 1. The van der Waals surface area contributed by atoms with E-state index >= 15 is 0 Å². The lowest BCUT2D eigenvalue weighted by atomic mass is 10.2. The van der Waals surface area contributed by atoms with E-state index < -0.39 is 35.8 Å². The fourth-order valence-corrected chi connectivity index (χ4v) is 1.53. The van der Waals surface area contributed by atoms with Crippen LogP contribution in [0.25, 0.3) is 0 Å². The molecule has 0 saturated carbocycles. The zero-order valence-electron chi connectivity index (χ0n) is 13.7. The van der Waals surface area contributed by atoms with Gasteiger partial charge in [0.2, 0.25) is 5.91 Å². The maximum Gasteiger partial charge on any atom is 0.412 e. The number of ether oxygens (including phenoxy) is 1. The molecular formula is C13H26N4O5. The van der Waals surface area contributed by atoms with Crippen molar-refractivity contribution in [1.29, 1.82) is 0 Å². The molecule has 0 radical (unpaired) electrons. The number of carboxylic acids is 1. The average molecular weight is 318 g/mol. The van der Waals surface area contributed by atoms with Gasteiger partial charge in [-0.25, -0.2) is 4.79 Å². The Morgan fingerprint density at radius 3 is 2.23 bits per heavy atom. The summed E-state index contributed by atoms with van der Waals surface area (Å²) in [6.07, 6.45) is -1.32. The monoisotopic (exact) mass is 318 g/mol. The molecule has 0 aliphatic rings. The Morgan fingerprint density at radius 2 is 1.86 bits per heavy atom. The van der Waals surface area contributed by atoms with E-state index in [9.17, 15) is 14.4 Å². The van der Waals surface area contributed by atoms with Gasteiger partial charge in [0.25, 0.3) is 0 Å². The third-order valence-electron chi connectivity index (χ3n) is 2.62. The molecule has 0 aromatic rings. The summed E-state index contributed by atoms with van der Waals surface area (Å²) in [5.74, 6) is -1.78. The number of rotatable bonds is 7. The van der Waals surface area contributed by atoms with E-state index in [1.165, 1.54) is 6.92 Å². The number of hydrogen-bond acceptors (Lipinski definition) is 6. The lowest BCUT2D eigenvalue weighted by molar-refractivity contribution is -0.141. The third kappa shape index (κ3) is 7.23. The quantitative estimate of drug-likeness (QED) is 0.457. The first-order valence-electron chi connectivity index (χ1n) is 6.91. The van der Waals surface area contributed by atoms with Gasteiger partial charge in [-0.3, -0.25) is 19.8 Å². The summed E-state index contributed by atoms with van der Waals surface area (Å²) in [5, 5.41) is 13.9. The molecule has 1 unspecified atom stereocenters. The first-order valence-corrected chi connectivity index (χ1v) is 6.91. The highest BCUT2D eigenvalue weighted by molar-refractivity contribution is 5.86. The van der Waals surface area contributed by atoms with E-state index in [-0.39, 0.29) is 13.1 Å². The number of amides is 2.